The minimum Gasteiger partial charge on any atom is -0.462 e. The molecule has 0 fully saturated rings. The van der Waals surface area contributed by atoms with Gasteiger partial charge in [-0.2, -0.15) is 0 Å². The molecule has 0 aromatic heterocycles. The third kappa shape index (κ3) is 17.1. The van der Waals surface area contributed by atoms with E-state index < -0.39 is 16.0 Å². The fourth-order valence-electron chi connectivity index (χ4n) is 8.31. The molecule has 0 saturated heterocycles. The van der Waals surface area contributed by atoms with Gasteiger partial charge in [-0.1, -0.05) is 160 Å². The first-order valence-electron chi connectivity index (χ1n) is 25.5. The van der Waals surface area contributed by atoms with Crippen LogP contribution in [-0.4, -0.2) is 38.8 Å². The van der Waals surface area contributed by atoms with E-state index in [1.54, 1.807) is 30.3 Å². The maximum atomic E-state index is 14.0. The summed E-state index contributed by atoms with van der Waals surface area (Å²) in [5, 5.41) is 7.18. The first-order valence-corrected chi connectivity index (χ1v) is 27.7. The fraction of sp³-hybridized carbons (Fsp3) is 0.339. The van der Waals surface area contributed by atoms with Crippen molar-refractivity contribution >= 4 is 74.6 Å². The molecule has 0 amide bonds. The highest BCUT2D eigenvalue weighted by Gasteiger charge is 2.34. The van der Waals surface area contributed by atoms with Crippen LogP contribution in [0.15, 0.2) is 121 Å². The summed E-state index contributed by atoms with van der Waals surface area (Å²) in [5.41, 5.74) is 15.2. The molecular formula is C59H74N4O8S2. The van der Waals surface area contributed by atoms with E-state index in [1.165, 1.54) is 46.7 Å². The molecule has 0 unspecified atom stereocenters. The van der Waals surface area contributed by atoms with Gasteiger partial charge in [0.15, 0.2) is 11.6 Å². The summed E-state index contributed by atoms with van der Waals surface area (Å²) in [5.74, 6) is -0.691. The maximum Gasteiger partial charge on any atom is 0.338 e. The molecule has 0 aliphatic heterocycles. The molecule has 7 rings (SSSR count). The largest absolute Gasteiger partial charge is 0.462 e. The summed E-state index contributed by atoms with van der Waals surface area (Å²) in [6.45, 7) is 17.2. The first kappa shape index (κ1) is 59.1. The zero-order chi connectivity index (χ0) is 53.3. The summed E-state index contributed by atoms with van der Waals surface area (Å²) in [7, 11) is -3.35. The van der Waals surface area contributed by atoms with Gasteiger partial charge in [-0.15, -0.1) is 9.32 Å². The number of nitrogens with one attached hydrogen (secondary N) is 4. The maximum absolute atomic E-state index is 14.0. The summed E-state index contributed by atoms with van der Waals surface area (Å²) in [6.07, 6.45) is 11.0. The number of ketones is 2. The van der Waals surface area contributed by atoms with Crippen molar-refractivity contribution in [1.82, 2.24) is 0 Å². The van der Waals surface area contributed by atoms with E-state index in [-0.39, 0.29) is 11.6 Å². The van der Waals surface area contributed by atoms with Crippen LogP contribution >= 0.6 is 12.9 Å². The molecule has 0 heterocycles. The van der Waals surface area contributed by atoms with Crippen molar-refractivity contribution in [1.29, 1.82) is 0 Å². The minimum absolute atomic E-state index is 0.132. The molecule has 4 N–H and O–H groups in total. The Kier molecular flexibility index (Phi) is 24.7. The number of unbranched alkanes of at least 4 members (excludes halogenated alkanes) is 4. The Bertz CT molecular complexity index is 2710. The van der Waals surface area contributed by atoms with Crippen molar-refractivity contribution in [2.75, 3.05) is 33.7 Å². The van der Waals surface area contributed by atoms with Crippen molar-refractivity contribution in [2.24, 2.45) is 0 Å². The Morgan fingerprint density at radius 1 is 0.562 bits per heavy atom. The molecule has 73 heavy (non-hydrogen) atoms. The number of carbonyl (C=O) groups is 3. The zero-order valence-electron chi connectivity index (χ0n) is 43.9. The van der Waals surface area contributed by atoms with Gasteiger partial charge >= 0.3 is 5.97 Å². The number of hydrogen-bond acceptors (Lipinski definition) is 12. The number of fused-ring (bicyclic) bond motifs is 2. The summed E-state index contributed by atoms with van der Waals surface area (Å²) < 4.78 is 33.9. The van der Waals surface area contributed by atoms with Gasteiger partial charge in [0.2, 0.25) is 10.0 Å². The van der Waals surface area contributed by atoms with Gasteiger partial charge in [0.1, 0.15) is 0 Å². The molecule has 0 atom stereocenters. The Labute approximate surface area is 439 Å². The molecule has 12 nitrogen and oxygen atoms in total. The van der Waals surface area contributed by atoms with E-state index in [0.717, 1.165) is 74.7 Å². The van der Waals surface area contributed by atoms with E-state index in [9.17, 15) is 22.8 Å². The van der Waals surface area contributed by atoms with Gasteiger partial charge in [0.05, 0.1) is 46.6 Å². The molecule has 6 aromatic rings. The SMILES string of the molecule is CC.CCCCCCCOC(=O)c1cccc(NS(C)(=O)=O)c1.CCc1cccc(CC)c1Nc1ccc(Nc2c(CC)cccc2CC)c2c1C(=O)c1ccccc1C2=O.CCc1cccc(NOOS)c1. The van der Waals surface area contributed by atoms with Crippen molar-refractivity contribution < 1.29 is 36.9 Å². The number of rotatable bonds is 21. The fourth-order valence-corrected chi connectivity index (χ4v) is 8.90. The number of anilines is 6. The Morgan fingerprint density at radius 3 is 1.51 bits per heavy atom. The van der Waals surface area contributed by atoms with Crippen LogP contribution in [0.3, 0.4) is 0 Å². The Morgan fingerprint density at radius 2 is 1.04 bits per heavy atom. The molecule has 0 spiro atoms. The molecule has 14 heteroatoms. The molecule has 1 aliphatic rings. The number of aryl methyl sites for hydroxylation is 5. The first-order chi connectivity index (χ1) is 35.3. The van der Waals surface area contributed by atoms with E-state index in [1.807, 2.05) is 62.4 Å². The summed E-state index contributed by atoms with van der Waals surface area (Å²) in [4.78, 5) is 44.3. The second-order valence-electron chi connectivity index (χ2n) is 17.0. The van der Waals surface area contributed by atoms with Crippen LogP contribution in [0.2, 0.25) is 0 Å². The molecule has 1 aliphatic carbocycles. The zero-order valence-corrected chi connectivity index (χ0v) is 45.7. The standard InChI is InChI=1S/C34H34N2O2.C15H23NO4S.C8H11NO2S.C2H6/c1-5-21-13-11-14-22(6-2)31(21)35-27-19-20-28(36-32-23(7-3)15-12-16-24(32)8-4)30-29(27)33(37)25-17-9-10-18-26(25)34(30)38;1-3-4-5-6-7-11-20-15(17)13-9-8-10-14(12-13)16-21(2,18)19;1-2-7-4-3-5-8(6-7)9-10-11-12;1-2/h9-20,35-36H,5-8H2,1-4H3;8-10,12,16H,3-7,11H2,1-2H3;3-6,9,12H,2H2,1H3;1-2H3. The topological polar surface area (TPSA) is 161 Å². The molecule has 0 radical (unpaired) electrons. The normalized spacial score (nSPS) is 11.3. The average Bonchev–Trinajstić information content (AvgIpc) is 3.41. The Hall–Kier alpha value is -6.45. The minimum atomic E-state index is -3.35. The lowest BCUT2D eigenvalue weighted by Crippen LogP contribution is -2.23. The predicted molar refractivity (Wildman–Crippen MR) is 303 cm³/mol. The van der Waals surface area contributed by atoms with E-state index in [0.29, 0.717) is 51.5 Å². The van der Waals surface area contributed by atoms with Crippen LogP contribution in [0.25, 0.3) is 0 Å². The highest BCUT2D eigenvalue weighted by atomic mass is 32.2. The molecular weight excluding hydrogens is 957 g/mol. The highest BCUT2D eigenvalue weighted by molar-refractivity contribution is 7.92. The quantitative estimate of drug-likeness (QED) is 0.0116. The highest BCUT2D eigenvalue weighted by Crippen LogP contribution is 2.40. The lowest BCUT2D eigenvalue weighted by atomic mass is 9.82. The average molecular weight is 1030 g/mol. The number of carbonyl (C=O) groups excluding carboxylic acids is 3. The molecule has 390 valence electrons. The van der Waals surface area contributed by atoms with E-state index >= 15 is 0 Å². The van der Waals surface area contributed by atoms with Gasteiger partial charge in [-0.3, -0.25) is 14.3 Å². The van der Waals surface area contributed by atoms with Gasteiger partial charge in [-0.05, 0) is 109 Å². The van der Waals surface area contributed by atoms with Crippen LogP contribution in [0.5, 0.6) is 0 Å². The predicted octanol–water partition coefficient (Wildman–Crippen LogP) is 14.8. The van der Waals surface area contributed by atoms with Gasteiger partial charge in [0, 0.05) is 41.1 Å². The van der Waals surface area contributed by atoms with Crippen molar-refractivity contribution in [2.45, 2.75) is 120 Å². The van der Waals surface area contributed by atoms with Crippen LogP contribution in [-0.2, 0) is 56.2 Å². The van der Waals surface area contributed by atoms with Crippen molar-refractivity contribution in [3.8, 4) is 0 Å². The number of ether oxygens (including phenoxy) is 1. The molecule has 0 bridgehead atoms. The second kappa shape index (κ2) is 30.6. The van der Waals surface area contributed by atoms with Crippen LogP contribution in [0.1, 0.15) is 158 Å². The third-order valence-electron chi connectivity index (χ3n) is 12.0. The molecule has 6 aromatic carbocycles. The third-order valence-corrected chi connectivity index (χ3v) is 12.7. The Balaban J connectivity index is 0.000000276. The van der Waals surface area contributed by atoms with Crippen LogP contribution < -0.4 is 20.8 Å². The number of sulfonamides is 1. The lowest BCUT2D eigenvalue weighted by molar-refractivity contribution is -0.158. The van der Waals surface area contributed by atoms with Gasteiger partial charge < -0.3 is 15.4 Å². The van der Waals surface area contributed by atoms with Gasteiger partial charge in [0.25, 0.3) is 0 Å². The van der Waals surface area contributed by atoms with Crippen molar-refractivity contribution in [3.05, 3.63) is 177 Å². The summed E-state index contributed by atoms with van der Waals surface area (Å²) in [6, 6.07) is 37.7. The number of para-hydroxylation sites is 2. The van der Waals surface area contributed by atoms with Crippen LogP contribution in [0, 0.1) is 0 Å². The van der Waals surface area contributed by atoms with E-state index in [4.69, 9.17) is 4.74 Å². The second-order valence-corrected chi connectivity index (χ2v) is 18.9. The monoisotopic (exact) mass is 1030 g/mol. The van der Waals surface area contributed by atoms with Crippen molar-refractivity contribution in [3.63, 3.8) is 0 Å². The lowest BCUT2D eigenvalue weighted by Gasteiger charge is -2.26. The van der Waals surface area contributed by atoms with Gasteiger partial charge in [-0.25, -0.2) is 18.7 Å². The molecule has 0 saturated carbocycles. The number of hydrogen-bond donors (Lipinski definition) is 5. The number of thiol groups is 1. The van der Waals surface area contributed by atoms with E-state index in [2.05, 4.69) is 121 Å². The summed E-state index contributed by atoms with van der Waals surface area (Å²) >= 11 is 3.41. The van der Waals surface area contributed by atoms with Crippen LogP contribution in [0.4, 0.5) is 34.1 Å². The number of esters is 1. The smallest absolute Gasteiger partial charge is 0.338 e. The number of benzene rings is 6.